The molecule has 1 atom stereocenters. The summed E-state index contributed by atoms with van der Waals surface area (Å²) in [6, 6.07) is 12.7. The third-order valence-electron chi connectivity index (χ3n) is 7.35. The van der Waals surface area contributed by atoms with E-state index in [4.69, 9.17) is 4.98 Å². The van der Waals surface area contributed by atoms with Crippen LogP contribution in [-0.2, 0) is 10.0 Å². The van der Waals surface area contributed by atoms with Crippen molar-refractivity contribution in [2.75, 3.05) is 50.7 Å². The number of carbonyl (C=O) groups is 1. The van der Waals surface area contributed by atoms with Gasteiger partial charge >= 0.3 is 0 Å². The van der Waals surface area contributed by atoms with Crippen molar-refractivity contribution in [3.05, 3.63) is 53.6 Å². The van der Waals surface area contributed by atoms with Crippen LogP contribution in [0.1, 0.15) is 42.1 Å². The number of fused-ring (bicyclic) bond motifs is 1. The van der Waals surface area contributed by atoms with Crippen molar-refractivity contribution in [3.8, 4) is 0 Å². The van der Waals surface area contributed by atoms with Crippen LogP contribution in [0.3, 0.4) is 0 Å². The van der Waals surface area contributed by atoms with Crippen molar-refractivity contribution in [1.29, 1.82) is 0 Å². The molecule has 2 saturated heterocycles. The molecule has 198 valence electrons. The number of aryl methyl sites for hydroxylation is 1. The Labute approximate surface area is 223 Å². The number of aromatic nitrogens is 1. The number of piperazine rings is 1. The highest BCUT2D eigenvalue weighted by molar-refractivity contribution is 7.89. The minimum Gasteiger partial charge on any atom is -0.351 e. The molecule has 3 aromatic rings. The number of sulfonamides is 1. The smallest absolute Gasteiger partial charge is 0.251 e. The second-order valence-corrected chi connectivity index (χ2v) is 12.9. The first-order valence-corrected chi connectivity index (χ1v) is 15.3. The molecule has 1 unspecified atom stereocenters. The zero-order valence-corrected chi connectivity index (χ0v) is 23.2. The molecule has 1 aromatic heterocycles. The highest BCUT2D eigenvalue weighted by Gasteiger charge is 2.31. The van der Waals surface area contributed by atoms with Crippen LogP contribution in [0.25, 0.3) is 10.2 Å². The van der Waals surface area contributed by atoms with E-state index in [-0.39, 0.29) is 16.8 Å². The average molecular weight is 542 g/mol. The summed E-state index contributed by atoms with van der Waals surface area (Å²) in [7, 11) is -3.53. The van der Waals surface area contributed by atoms with E-state index in [1.54, 1.807) is 39.9 Å². The molecule has 1 amide bonds. The van der Waals surface area contributed by atoms with Gasteiger partial charge in [-0.2, -0.15) is 4.31 Å². The standard InChI is InChI=1S/C27H35N5O3S2/c1-20-6-11-24-25(19-20)36-27(29-24)31-17-15-30(16-18-31)14-12-28-26(33)22-7-9-23(10-8-22)37(34,35)32-13-4-3-5-21(32)2/h6-11,19,21H,3-5,12-18H2,1-2H3,(H,28,33). The number of anilines is 1. The second-order valence-electron chi connectivity index (χ2n) is 10.0. The number of nitrogens with one attached hydrogen (secondary N) is 1. The molecule has 0 aliphatic carbocycles. The Kier molecular flexibility index (Phi) is 7.80. The number of rotatable bonds is 7. The van der Waals surface area contributed by atoms with E-state index in [1.165, 1.54) is 10.3 Å². The number of amides is 1. The van der Waals surface area contributed by atoms with Gasteiger partial charge in [0.2, 0.25) is 10.0 Å². The SMILES string of the molecule is Cc1ccc2nc(N3CCN(CCNC(=O)c4ccc(S(=O)(=O)N5CCCCC5C)cc4)CC3)sc2c1. The van der Waals surface area contributed by atoms with Gasteiger partial charge in [0.15, 0.2) is 5.13 Å². The Morgan fingerprint density at radius 3 is 2.54 bits per heavy atom. The number of hydrogen-bond donors (Lipinski definition) is 1. The van der Waals surface area contributed by atoms with Gasteiger partial charge in [-0.15, -0.1) is 0 Å². The molecule has 10 heteroatoms. The summed E-state index contributed by atoms with van der Waals surface area (Å²) in [6.45, 7) is 9.62. The van der Waals surface area contributed by atoms with Crippen molar-refractivity contribution in [3.63, 3.8) is 0 Å². The van der Waals surface area contributed by atoms with Crippen LogP contribution in [0.4, 0.5) is 5.13 Å². The average Bonchev–Trinajstić information content (AvgIpc) is 3.32. The molecule has 1 N–H and O–H groups in total. The predicted octanol–water partition coefficient (Wildman–Crippen LogP) is 3.72. The van der Waals surface area contributed by atoms with Crippen molar-refractivity contribution in [2.45, 2.75) is 44.0 Å². The van der Waals surface area contributed by atoms with E-state index in [1.807, 2.05) is 6.92 Å². The maximum atomic E-state index is 13.0. The van der Waals surface area contributed by atoms with E-state index >= 15 is 0 Å². The summed E-state index contributed by atoms with van der Waals surface area (Å²) >= 11 is 1.75. The lowest BCUT2D eigenvalue weighted by Crippen LogP contribution is -2.48. The molecule has 3 heterocycles. The first kappa shape index (κ1) is 26.1. The fraction of sp³-hybridized carbons (Fsp3) is 0.481. The van der Waals surface area contributed by atoms with Gasteiger partial charge in [0, 0.05) is 57.4 Å². The number of piperidine rings is 1. The fourth-order valence-corrected chi connectivity index (χ4v) is 7.90. The highest BCUT2D eigenvalue weighted by atomic mass is 32.2. The third kappa shape index (κ3) is 5.82. The van der Waals surface area contributed by atoms with Crippen LogP contribution in [0.15, 0.2) is 47.4 Å². The number of carbonyl (C=O) groups excluding carboxylic acids is 1. The molecule has 0 bridgehead atoms. The Morgan fingerprint density at radius 2 is 1.81 bits per heavy atom. The molecule has 0 saturated carbocycles. The molecule has 2 aromatic carbocycles. The fourth-order valence-electron chi connectivity index (χ4n) is 5.09. The van der Waals surface area contributed by atoms with E-state index in [0.717, 1.165) is 62.6 Å². The Balaban J connectivity index is 1.09. The van der Waals surface area contributed by atoms with Crippen LogP contribution < -0.4 is 10.2 Å². The van der Waals surface area contributed by atoms with Gasteiger partial charge in [-0.25, -0.2) is 13.4 Å². The van der Waals surface area contributed by atoms with E-state index in [0.29, 0.717) is 18.7 Å². The number of nitrogens with zero attached hydrogens (tertiary/aromatic N) is 4. The molecule has 2 fully saturated rings. The van der Waals surface area contributed by atoms with Gasteiger partial charge in [0.1, 0.15) is 0 Å². The molecule has 0 radical (unpaired) electrons. The van der Waals surface area contributed by atoms with Crippen LogP contribution in [0.5, 0.6) is 0 Å². The van der Waals surface area contributed by atoms with E-state index < -0.39 is 10.0 Å². The first-order valence-electron chi connectivity index (χ1n) is 13.1. The quantitative estimate of drug-likeness (QED) is 0.491. The largest absolute Gasteiger partial charge is 0.351 e. The van der Waals surface area contributed by atoms with Gasteiger partial charge in [-0.3, -0.25) is 9.69 Å². The number of benzene rings is 2. The summed E-state index contributed by atoms with van der Waals surface area (Å²) < 4.78 is 28.8. The second kappa shape index (κ2) is 11.1. The van der Waals surface area contributed by atoms with Crippen LogP contribution in [-0.4, -0.2) is 80.4 Å². The van der Waals surface area contributed by atoms with Crippen LogP contribution >= 0.6 is 11.3 Å². The van der Waals surface area contributed by atoms with E-state index in [9.17, 15) is 13.2 Å². The molecule has 2 aliphatic heterocycles. The first-order chi connectivity index (χ1) is 17.8. The van der Waals surface area contributed by atoms with Gasteiger partial charge in [0.25, 0.3) is 5.91 Å². The predicted molar refractivity (Wildman–Crippen MR) is 149 cm³/mol. The third-order valence-corrected chi connectivity index (χ3v) is 10.5. The minimum atomic E-state index is -3.53. The molecule has 0 spiro atoms. The monoisotopic (exact) mass is 541 g/mol. The van der Waals surface area contributed by atoms with Crippen LogP contribution in [0.2, 0.25) is 0 Å². The van der Waals surface area contributed by atoms with Gasteiger partial charge < -0.3 is 10.2 Å². The molecular formula is C27H35N5O3S2. The molecule has 2 aliphatic rings. The maximum Gasteiger partial charge on any atom is 0.251 e. The lowest BCUT2D eigenvalue weighted by molar-refractivity contribution is 0.0947. The maximum absolute atomic E-state index is 13.0. The summed E-state index contributed by atoms with van der Waals surface area (Å²) in [5.74, 6) is -0.182. The lowest BCUT2D eigenvalue weighted by Gasteiger charge is -2.34. The topological polar surface area (TPSA) is 85.9 Å². The molecular weight excluding hydrogens is 506 g/mol. The summed E-state index contributed by atoms with van der Waals surface area (Å²) in [5.41, 5.74) is 2.78. The Hall–Kier alpha value is -2.53. The van der Waals surface area contributed by atoms with Gasteiger partial charge in [-0.05, 0) is 68.7 Å². The van der Waals surface area contributed by atoms with Crippen molar-refractivity contribution < 1.29 is 13.2 Å². The highest BCUT2D eigenvalue weighted by Crippen LogP contribution is 2.30. The Morgan fingerprint density at radius 1 is 1.05 bits per heavy atom. The number of hydrogen-bond acceptors (Lipinski definition) is 7. The summed E-state index contributed by atoms with van der Waals surface area (Å²) in [4.78, 5) is 22.4. The van der Waals surface area contributed by atoms with Gasteiger partial charge in [0.05, 0.1) is 15.1 Å². The molecule has 37 heavy (non-hydrogen) atoms. The Bertz CT molecular complexity index is 1350. The lowest BCUT2D eigenvalue weighted by atomic mass is 10.1. The summed E-state index contributed by atoms with van der Waals surface area (Å²) in [6.07, 6.45) is 2.84. The zero-order chi connectivity index (χ0) is 26.0. The summed E-state index contributed by atoms with van der Waals surface area (Å²) in [5, 5.41) is 4.05. The minimum absolute atomic E-state index is 0.00839. The molecule has 5 rings (SSSR count). The normalized spacial score (nSPS) is 19.8. The van der Waals surface area contributed by atoms with Crippen LogP contribution in [0, 0.1) is 6.92 Å². The zero-order valence-electron chi connectivity index (χ0n) is 21.5. The van der Waals surface area contributed by atoms with Crippen molar-refractivity contribution in [2.24, 2.45) is 0 Å². The van der Waals surface area contributed by atoms with Crippen molar-refractivity contribution in [1.82, 2.24) is 19.5 Å². The van der Waals surface area contributed by atoms with Gasteiger partial charge in [-0.1, -0.05) is 23.8 Å². The van der Waals surface area contributed by atoms with Crippen molar-refractivity contribution >= 4 is 42.6 Å². The van der Waals surface area contributed by atoms with E-state index in [2.05, 4.69) is 40.2 Å². The molecule has 8 nitrogen and oxygen atoms in total. The number of thiazole rings is 1.